The van der Waals surface area contributed by atoms with E-state index in [1.807, 2.05) is 31.2 Å². The van der Waals surface area contributed by atoms with Crippen molar-refractivity contribution in [3.05, 3.63) is 59.2 Å². The minimum Gasteiger partial charge on any atom is -0.346 e. The first-order valence-electron chi connectivity index (χ1n) is 9.22. The molecule has 9 heteroatoms. The maximum absolute atomic E-state index is 13.5. The molecule has 30 heavy (non-hydrogen) atoms. The van der Waals surface area contributed by atoms with E-state index in [4.69, 9.17) is 5.26 Å². The number of hydrogen-bond acceptors (Lipinski definition) is 6. The SMILES string of the molecule is Cc1nc2ccc(S(=O)(=O)N3CCSc4ccc(-c5ccc(C#N)[nH]5)cc43)cc2s1. The Morgan fingerprint density at radius 3 is 2.83 bits per heavy atom. The number of thioether (sulfide) groups is 1. The molecule has 2 aromatic heterocycles. The highest BCUT2D eigenvalue weighted by atomic mass is 32.2. The van der Waals surface area contributed by atoms with Gasteiger partial charge in [-0.3, -0.25) is 4.31 Å². The van der Waals surface area contributed by atoms with E-state index < -0.39 is 10.0 Å². The van der Waals surface area contributed by atoms with E-state index in [1.165, 1.54) is 15.6 Å². The zero-order valence-corrected chi connectivity index (χ0v) is 18.4. The first-order valence-corrected chi connectivity index (χ1v) is 12.5. The predicted octanol–water partition coefficient (Wildman–Crippen LogP) is 4.77. The molecule has 0 radical (unpaired) electrons. The van der Waals surface area contributed by atoms with Crippen LogP contribution in [-0.2, 0) is 10.0 Å². The summed E-state index contributed by atoms with van der Waals surface area (Å²) in [6.07, 6.45) is 0. The van der Waals surface area contributed by atoms with Gasteiger partial charge in [-0.25, -0.2) is 13.4 Å². The monoisotopic (exact) mass is 452 g/mol. The molecule has 1 N–H and O–H groups in total. The first kappa shape index (κ1) is 19.2. The minimum absolute atomic E-state index is 0.272. The van der Waals surface area contributed by atoms with Crippen LogP contribution in [0.15, 0.2) is 58.3 Å². The molecule has 4 aromatic rings. The third-order valence-corrected chi connectivity index (χ3v) is 8.74. The van der Waals surface area contributed by atoms with Gasteiger partial charge in [-0.1, -0.05) is 6.07 Å². The van der Waals surface area contributed by atoms with Crippen molar-refractivity contribution in [1.82, 2.24) is 9.97 Å². The molecule has 1 aliphatic heterocycles. The molecule has 0 atom stereocenters. The summed E-state index contributed by atoms with van der Waals surface area (Å²) >= 11 is 3.14. The number of rotatable bonds is 3. The Labute approximate surface area is 182 Å². The summed E-state index contributed by atoms with van der Waals surface area (Å²) < 4.78 is 29.5. The van der Waals surface area contributed by atoms with E-state index in [1.54, 1.807) is 36.0 Å². The van der Waals surface area contributed by atoms with Crippen LogP contribution >= 0.6 is 23.1 Å². The highest BCUT2D eigenvalue weighted by Gasteiger charge is 2.30. The number of benzene rings is 2. The van der Waals surface area contributed by atoms with Gasteiger partial charge >= 0.3 is 0 Å². The van der Waals surface area contributed by atoms with Crippen LogP contribution in [0, 0.1) is 18.3 Å². The van der Waals surface area contributed by atoms with Crippen LogP contribution in [0.1, 0.15) is 10.7 Å². The summed E-state index contributed by atoms with van der Waals surface area (Å²) in [7, 11) is -3.72. The van der Waals surface area contributed by atoms with Crippen LogP contribution in [0.2, 0.25) is 0 Å². The second-order valence-corrected chi connectivity index (χ2v) is 11.1. The van der Waals surface area contributed by atoms with E-state index in [2.05, 4.69) is 16.0 Å². The van der Waals surface area contributed by atoms with Gasteiger partial charge in [-0.05, 0) is 49.4 Å². The smallest absolute Gasteiger partial charge is 0.264 e. The third-order valence-electron chi connectivity index (χ3n) is 4.95. The van der Waals surface area contributed by atoms with Crippen LogP contribution in [0.25, 0.3) is 21.5 Å². The van der Waals surface area contributed by atoms with E-state index in [-0.39, 0.29) is 4.90 Å². The molecule has 1 aliphatic rings. The summed E-state index contributed by atoms with van der Waals surface area (Å²) in [5.41, 5.74) is 3.57. The molecule has 0 fully saturated rings. The van der Waals surface area contributed by atoms with E-state index >= 15 is 0 Å². The highest BCUT2D eigenvalue weighted by molar-refractivity contribution is 8.00. The van der Waals surface area contributed by atoms with Crippen LogP contribution in [0.5, 0.6) is 0 Å². The number of thiazole rings is 1. The molecule has 5 rings (SSSR count). The topological polar surface area (TPSA) is 89.8 Å². The van der Waals surface area contributed by atoms with Crippen molar-refractivity contribution in [2.24, 2.45) is 0 Å². The number of nitriles is 1. The quantitative estimate of drug-likeness (QED) is 0.483. The molecular formula is C21H16N4O2S3. The molecule has 0 spiro atoms. The summed E-state index contributed by atoms with van der Waals surface area (Å²) in [6, 6.07) is 16.5. The van der Waals surface area contributed by atoms with Crippen LogP contribution in [0.3, 0.4) is 0 Å². The lowest BCUT2D eigenvalue weighted by Crippen LogP contribution is -2.35. The Balaban J connectivity index is 1.60. The lowest BCUT2D eigenvalue weighted by Gasteiger charge is -2.30. The van der Waals surface area contributed by atoms with Gasteiger partial charge in [0.05, 0.1) is 25.8 Å². The molecule has 6 nitrogen and oxygen atoms in total. The van der Waals surface area contributed by atoms with Gasteiger partial charge in [-0.2, -0.15) is 5.26 Å². The van der Waals surface area contributed by atoms with E-state index in [0.29, 0.717) is 23.7 Å². The summed E-state index contributed by atoms with van der Waals surface area (Å²) in [6.45, 7) is 2.31. The van der Waals surface area contributed by atoms with E-state index in [9.17, 15) is 8.42 Å². The lowest BCUT2D eigenvalue weighted by molar-refractivity contribution is 0.591. The molecule has 0 saturated heterocycles. The Hall–Kier alpha value is -2.80. The number of hydrogen-bond donors (Lipinski definition) is 1. The van der Waals surface area contributed by atoms with Gasteiger partial charge in [0.25, 0.3) is 10.0 Å². The zero-order valence-electron chi connectivity index (χ0n) is 15.9. The first-order chi connectivity index (χ1) is 14.5. The normalized spacial score (nSPS) is 13.9. The van der Waals surface area contributed by atoms with Gasteiger partial charge in [0.15, 0.2) is 0 Å². The van der Waals surface area contributed by atoms with Crippen LogP contribution in [-0.4, -0.2) is 30.7 Å². The number of fused-ring (bicyclic) bond motifs is 2. The number of H-pyrrole nitrogens is 1. The number of sulfonamides is 1. The Kier molecular flexibility index (Phi) is 4.58. The second kappa shape index (κ2) is 7.16. The van der Waals surface area contributed by atoms with Gasteiger partial charge < -0.3 is 4.98 Å². The van der Waals surface area contributed by atoms with Crippen molar-refractivity contribution in [3.63, 3.8) is 0 Å². The molecule has 0 aliphatic carbocycles. The number of aromatic amines is 1. The lowest BCUT2D eigenvalue weighted by atomic mass is 10.1. The van der Waals surface area contributed by atoms with Crippen molar-refractivity contribution in [2.75, 3.05) is 16.6 Å². The molecule has 0 amide bonds. The number of anilines is 1. The number of aryl methyl sites for hydroxylation is 1. The number of nitrogens with one attached hydrogen (secondary N) is 1. The average molecular weight is 453 g/mol. The number of aromatic nitrogens is 2. The third kappa shape index (κ3) is 3.17. The second-order valence-electron chi connectivity index (χ2n) is 6.87. The largest absolute Gasteiger partial charge is 0.346 e. The molecule has 3 heterocycles. The summed E-state index contributed by atoms with van der Waals surface area (Å²) in [5, 5.41) is 9.97. The van der Waals surface area contributed by atoms with Crippen molar-refractivity contribution < 1.29 is 8.42 Å². The highest BCUT2D eigenvalue weighted by Crippen LogP contribution is 2.40. The molecule has 150 valence electrons. The number of nitrogens with zero attached hydrogens (tertiary/aromatic N) is 3. The summed E-state index contributed by atoms with van der Waals surface area (Å²) in [5.74, 6) is 0.689. The maximum Gasteiger partial charge on any atom is 0.264 e. The molecular weight excluding hydrogens is 436 g/mol. The van der Waals surface area contributed by atoms with Crippen LogP contribution < -0.4 is 4.31 Å². The summed E-state index contributed by atoms with van der Waals surface area (Å²) in [4.78, 5) is 8.67. The minimum atomic E-state index is -3.72. The molecule has 2 aromatic carbocycles. The fourth-order valence-corrected chi connectivity index (χ4v) is 7.14. The average Bonchev–Trinajstić information content (AvgIpc) is 3.37. The van der Waals surface area contributed by atoms with Crippen molar-refractivity contribution >= 4 is 49.0 Å². The van der Waals surface area contributed by atoms with Gasteiger partial charge in [0, 0.05) is 28.5 Å². The Morgan fingerprint density at radius 1 is 1.17 bits per heavy atom. The van der Waals surface area contributed by atoms with Gasteiger partial charge in [0.1, 0.15) is 11.8 Å². The van der Waals surface area contributed by atoms with E-state index in [0.717, 1.165) is 31.4 Å². The van der Waals surface area contributed by atoms with Crippen LogP contribution in [0.4, 0.5) is 5.69 Å². The predicted molar refractivity (Wildman–Crippen MR) is 121 cm³/mol. The Bertz CT molecular complexity index is 1430. The molecule has 0 saturated carbocycles. The fraction of sp³-hybridized carbons (Fsp3) is 0.143. The zero-order chi connectivity index (χ0) is 20.9. The van der Waals surface area contributed by atoms with Crippen molar-refractivity contribution in [3.8, 4) is 17.3 Å². The fourth-order valence-electron chi connectivity index (χ4n) is 3.55. The molecule has 0 bridgehead atoms. The Morgan fingerprint density at radius 2 is 2.03 bits per heavy atom. The van der Waals surface area contributed by atoms with Gasteiger partial charge in [0.2, 0.25) is 0 Å². The van der Waals surface area contributed by atoms with Gasteiger partial charge in [-0.15, -0.1) is 23.1 Å². The van der Waals surface area contributed by atoms with Crippen molar-refractivity contribution in [2.45, 2.75) is 16.7 Å². The maximum atomic E-state index is 13.5. The van der Waals surface area contributed by atoms with Crippen molar-refractivity contribution in [1.29, 1.82) is 5.26 Å². The molecule has 0 unspecified atom stereocenters. The standard InChI is InChI=1S/C21H16N4O2S3/c1-13-23-18-6-4-16(11-21(18)29-13)30(26,27)25-8-9-28-20-7-2-14(10-19(20)25)17-5-3-15(12-22)24-17/h2-7,10-11,24H,8-9H2,1H3.